The molecule has 0 bridgehead atoms. The lowest BCUT2D eigenvalue weighted by Crippen LogP contribution is -2.14. The number of amidine groups is 1. The summed E-state index contributed by atoms with van der Waals surface area (Å²) < 4.78 is 13.1. The van der Waals surface area contributed by atoms with E-state index in [2.05, 4.69) is 4.99 Å². The van der Waals surface area contributed by atoms with Gasteiger partial charge >= 0.3 is 0 Å². The minimum Gasteiger partial charge on any atom is -0.387 e. The van der Waals surface area contributed by atoms with Gasteiger partial charge < -0.3 is 5.73 Å². The van der Waals surface area contributed by atoms with Gasteiger partial charge in [0.25, 0.3) is 0 Å². The van der Waals surface area contributed by atoms with E-state index in [-0.39, 0.29) is 5.82 Å². The monoisotopic (exact) mass is 212 g/mol. The van der Waals surface area contributed by atoms with E-state index in [1.54, 1.807) is 18.2 Å². The summed E-state index contributed by atoms with van der Waals surface area (Å²) in [7, 11) is 0. The van der Waals surface area contributed by atoms with Crippen LogP contribution >= 0.6 is 11.8 Å². The van der Waals surface area contributed by atoms with Gasteiger partial charge in [0.2, 0.25) is 0 Å². The number of rotatable bonds is 4. The molecule has 0 atom stereocenters. The molecule has 2 nitrogen and oxygen atoms in total. The van der Waals surface area contributed by atoms with Crippen molar-refractivity contribution in [2.75, 3.05) is 12.3 Å². The second kappa shape index (κ2) is 5.65. The molecule has 0 spiro atoms. The molecule has 1 aromatic rings. The van der Waals surface area contributed by atoms with Crippen molar-refractivity contribution < 1.29 is 4.39 Å². The normalized spacial score (nSPS) is 11.7. The molecular weight excluding hydrogens is 199 g/mol. The first-order valence-electron chi connectivity index (χ1n) is 4.40. The van der Waals surface area contributed by atoms with Gasteiger partial charge in [-0.15, -0.1) is 11.8 Å². The van der Waals surface area contributed by atoms with Gasteiger partial charge in [0, 0.05) is 11.4 Å². The van der Waals surface area contributed by atoms with Crippen LogP contribution in [0.2, 0.25) is 0 Å². The maximum Gasteiger partial charge on any atom is 0.136 e. The van der Waals surface area contributed by atoms with Crippen LogP contribution in [0.4, 0.5) is 4.39 Å². The summed E-state index contributed by atoms with van der Waals surface area (Å²) in [6.07, 6.45) is 0. The summed E-state index contributed by atoms with van der Waals surface area (Å²) in [5, 5.41) is 0. The van der Waals surface area contributed by atoms with Crippen LogP contribution in [0, 0.1) is 5.82 Å². The van der Waals surface area contributed by atoms with Crippen LogP contribution < -0.4 is 5.73 Å². The van der Waals surface area contributed by atoms with Crippen LogP contribution in [-0.2, 0) is 0 Å². The molecule has 0 aromatic heterocycles. The van der Waals surface area contributed by atoms with Crippen LogP contribution in [0.3, 0.4) is 0 Å². The van der Waals surface area contributed by atoms with Crippen LogP contribution in [0.1, 0.15) is 6.92 Å². The van der Waals surface area contributed by atoms with Crippen molar-refractivity contribution in [2.24, 2.45) is 10.7 Å². The Morgan fingerprint density at radius 2 is 2.21 bits per heavy atom. The van der Waals surface area contributed by atoms with Crippen molar-refractivity contribution in [3.8, 4) is 0 Å². The Morgan fingerprint density at radius 1 is 1.50 bits per heavy atom. The zero-order valence-electron chi connectivity index (χ0n) is 8.03. The first-order valence-corrected chi connectivity index (χ1v) is 5.38. The smallest absolute Gasteiger partial charge is 0.136 e. The average Bonchev–Trinajstić information content (AvgIpc) is 2.17. The van der Waals surface area contributed by atoms with Crippen LogP contribution in [0.5, 0.6) is 0 Å². The zero-order valence-corrected chi connectivity index (χ0v) is 8.85. The minimum atomic E-state index is -0.207. The van der Waals surface area contributed by atoms with Crippen molar-refractivity contribution in [1.29, 1.82) is 0 Å². The second-order valence-corrected chi connectivity index (χ2v) is 3.70. The molecule has 4 heteroatoms. The molecule has 0 aliphatic carbocycles. The molecule has 0 unspecified atom stereocenters. The van der Waals surface area contributed by atoms with Crippen molar-refractivity contribution in [2.45, 2.75) is 11.8 Å². The summed E-state index contributed by atoms with van der Waals surface area (Å²) >= 11 is 1.36. The molecule has 1 aromatic carbocycles. The molecule has 0 radical (unpaired) electrons. The molecule has 0 aliphatic heterocycles. The molecule has 14 heavy (non-hydrogen) atoms. The topological polar surface area (TPSA) is 38.4 Å². The SMILES string of the molecule is CCN=C(N)CSc1ccccc1F. The Morgan fingerprint density at radius 3 is 2.86 bits per heavy atom. The van der Waals surface area contributed by atoms with Crippen LogP contribution in [-0.4, -0.2) is 18.1 Å². The highest BCUT2D eigenvalue weighted by Gasteiger charge is 2.01. The molecule has 1 rings (SSSR count). The van der Waals surface area contributed by atoms with E-state index in [9.17, 15) is 4.39 Å². The molecule has 0 saturated carbocycles. The number of nitrogens with zero attached hydrogens (tertiary/aromatic N) is 1. The highest BCUT2D eigenvalue weighted by molar-refractivity contribution is 8.00. The maximum absolute atomic E-state index is 13.1. The number of benzene rings is 1. The first-order chi connectivity index (χ1) is 6.74. The summed E-state index contributed by atoms with van der Waals surface area (Å²) in [6.45, 7) is 2.59. The van der Waals surface area contributed by atoms with Crippen molar-refractivity contribution in [1.82, 2.24) is 0 Å². The van der Waals surface area contributed by atoms with Crippen LogP contribution in [0.25, 0.3) is 0 Å². The third-order valence-electron chi connectivity index (χ3n) is 1.57. The highest BCUT2D eigenvalue weighted by atomic mass is 32.2. The van der Waals surface area contributed by atoms with Gasteiger partial charge in [-0.2, -0.15) is 0 Å². The van der Waals surface area contributed by atoms with E-state index in [1.807, 2.05) is 6.92 Å². The van der Waals surface area contributed by atoms with Crippen LogP contribution in [0.15, 0.2) is 34.2 Å². The molecule has 76 valence electrons. The minimum absolute atomic E-state index is 0.207. The predicted octanol–water partition coefficient (Wildman–Crippen LogP) is 2.29. The van der Waals surface area contributed by atoms with E-state index >= 15 is 0 Å². The largest absolute Gasteiger partial charge is 0.387 e. The van der Waals surface area contributed by atoms with Crippen molar-refractivity contribution >= 4 is 17.6 Å². The van der Waals surface area contributed by atoms with E-state index in [0.29, 0.717) is 23.0 Å². The molecule has 0 heterocycles. The predicted molar refractivity (Wildman–Crippen MR) is 59.3 cm³/mol. The Bertz CT molecular complexity index is 326. The Hall–Kier alpha value is -1.03. The number of halogens is 1. The van der Waals surface area contributed by atoms with E-state index in [0.717, 1.165) is 0 Å². The number of hydrogen-bond acceptors (Lipinski definition) is 2. The lowest BCUT2D eigenvalue weighted by molar-refractivity contribution is 0.602. The quantitative estimate of drug-likeness (QED) is 0.472. The summed E-state index contributed by atoms with van der Waals surface area (Å²) in [5.74, 6) is 0.886. The second-order valence-electron chi connectivity index (χ2n) is 2.68. The third-order valence-corrected chi connectivity index (χ3v) is 2.66. The fourth-order valence-electron chi connectivity index (χ4n) is 0.962. The molecule has 0 fully saturated rings. The number of aliphatic imine (C=N–C) groups is 1. The molecule has 0 saturated heterocycles. The molecule has 0 aliphatic rings. The van der Waals surface area contributed by atoms with E-state index in [1.165, 1.54) is 17.8 Å². The fraction of sp³-hybridized carbons (Fsp3) is 0.300. The number of hydrogen-bond donors (Lipinski definition) is 1. The third kappa shape index (κ3) is 3.38. The van der Waals surface area contributed by atoms with Gasteiger partial charge in [0.15, 0.2) is 0 Å². The zero-order chi connectivity index (χ0) is 10.4. The summed E-state index contributed by atoms with van der Waals surface area (Å²) in [5.41, 5.74) is 5.59. The van der Waals surface area contributed by atoms with Gasteiger partial charge in [-0.3, -0.25) is 4.99 Å². The lowest BCUT2D eigenvalue weighted by atomic mass is 10.3. The molecule has 2 N–H and O–H groups in total. The molecule has 0 amide bonds. The summed E-state index contributed by atoms with van der Waals surface area (Å²) in [4.78, 5) is 4.63. The van der Waals surface area contributed by atoms with Gasteiger partial charge in [0.1, 0.15) is 11.7 Å². The highest BCUT2D eigenvalue weighted by Crippen LogP contribution is 2.20. The molecular formula is C10H13FN2S. The van der Waals surface area contributed by atoms with Gasteiger partial charge in [-0.05, 0) is 19.1 Å². The number of nitrogens with two attached hydrogens (primary N) is 1. The Kier molecular flexibility index (Phi) is 4.46. The standard InChI is InChI=1S/C10H13FN2S/c1-2-13-10(12)7-14-9-6-4-3-5-8(9)11/h3-6H,2,7H2,1H3,(H2,12,13). The Labute approximate surface area is 87.4 Å². The van der Waals surface area contributed by atoms with E-state index in [4.69, 9.17) is 5.73 Å². The van der Waals surface area contributed by atoms with Crippen molar-refractivity contribution in [3.63, 3.8) is 0 Å². The summed E-state index contributed by atoms with van der Waals surface area (Å²) in [6, 6.07) is 6.65. The maximum atomic E-state index is 13.1. The average molecular weight is 212 g/mol. The fourth-order valence-corrected chi connectivity index (χ4v) is 1.74. The van der Waals surface area contributed by atoms with Crippen molar-refractivity contribution in [3.05, 3.63) is 30.1 Å². The number of thioether (sulfide) groups is 1. The van der Waals surface area contributed by atoms with Gasteiger partial charge in [0.05, 0.1) is 5.75 Å². The lowest BCUT2D eigenvalue weighted by Gasteiger charge is -2.02. The first kappa shape index (κ1) is 11.0. The van der Waals surface area contributed by atoms with E-state index < -0.39 is 0 Å². The van der Waals surface area contributed by atoms with Gasteiger partial charge in [-0.1, -0.05) is 12.1 Å². The van der Waals surface area contributed by atoms with Gasteiger partial charge in [-0.25, -0.2) is 4.39 Å². The Balaban J connectivity index is 2.54.